The number of hydrogen-bond donors (Lipinski definition) is 1. The fraction of sp³-hybridized carbons (Fsp3) is 0.917. The fourth-order valence-electron chi connectivity index (χ4n) is 2.39. The molecule has 0 saturated heterocycles. The van der Waals surface area contributed by atoms with E-state index >= 15 is 0 Å². The average Bonchev–Trinajstić information content (AvgIpc) is 2.54. The van der Waals surface area contributed by atoms with Crippen LogP contribution in [0.1, 0.15) is 45.4 Å². The van der Waals surface area contributed by atoms with E-state index in [4.69, 9.17) is 0 Å². The van der Waals surface area contributed by atoms with Gasteiger partial charge in [-0.05, 0) is 25.7 Å². The molecule has 0 aromatic rings. The molecule has 2 unspecified atom stereocenters. The van der Waals surface area contributed by atoms with Gasteiger partial charge in [0, 0.05) is 0 Å². The second-order valence-corrected chi connectivity index (χ2v) is 4.55. The topological polar surface area (TPSA) is 46.5 Å². The van der Waals surface area contributed by atoms with Gasteiger partial charge in [0.2, 0.25) is 0 Å². The second-order valence-electron chi connectivity index (χ2n) is 4.55. The Balaban J connectivity index is 2.49. The van der Waals surface area contributed by atoms with Crippen molar-refractivity contribution in [2.24, 2.45) is 11.8 Å². The van der Waals surface area contributed by atoms with Crippen LogP contribution in [-0.2, 0) is 9.53 Å². The standard InChI is InChI=1S/C12H22O3/c1-9(12(14)15-2)11(13)10-7-5-3-4-6-8-10/h9-11,13H,3-8H2,1-2H3. The van der Waals surface area contributed by atoms with Crippen LogP contribution in [0, 0.1) is 11.8 Å². The first kappa shape index (κ1) is 12.5. The van der Waals surface area contributed by atoms with Gasteiger partial charge in [-0.25, -0.2) is 0 Å². The third-order valence-electron chi connectivity index (χ3n) is 3.47. The summed E-state index contributed by atoms with van der Waals surface area (Å²) in [7, 11) is 1.37. The number of carbonyl (C=O) groups excluding carboxylic acids is 1. The van der Waals surface area contributed by atoms with Crippen molar-refractivity contribution in [3.63, 3.8) is 0 Å². The van der Waals surface area contributed by atoms with Gasteiger partial charge in [0.25, 0.3) is 0 Å². The summed E-state index contributed by atoms with van der Waals surface area (Å²) in [6, 6.07) is 0. The van der Waals surface area contributed by atoms with Crippen molar-refractivity contribution in [3.05, 3.63) is 0 Å². The number of aliphatic hydroxyl groups is 1. The normalized spacial score (nSPS) is 22.9. The van der Waals surface area contributed by atoms with E-state index in [1.165, 1.54) is 32.8 Å². The highest BCUT2D eigenvalue weighted by atomic mass is 16.5. The molecule has 3 nitrogen and oxygen atoms in total. The van der Waals surface area contributed by atoms with Crippen molar-refractivity contribution < 1.29 is 14.6 Å². The Labute approximate surface area is 91.8 Å². The first-order valence-corrected chi connectivity index (χ1v) is 5.92. The smallest absolute Gasteiger partial charge is 0.311 e. The summed E-state index contributed by atoms with van der Waals surface area (Å²) >= 11 is 0. The minimum Gasteiger partial charge on any atom is -0.469 e. The molecule has 88 valence electrons. The first-order chi connectivity index (χ1) is 7.16. The van der Waals surface area contributed by atoms with E-state index in [-0.39, 0.29) is 11.9 Å². The van der Waals surface area contributed by atoms with Gasteiger partial charge in [-0.3, -0.25) is 4.79 Å². The molecule has 0 aliphatic heterocycles. The first-order valence-electron chi connectivity index (χ1n) is 5.92. The van der Waals surface area contributed by atoms with Crippen LogP contribution in [0.15, 0.2) is 0 Å². The van der Waals surface area contributed by atoms with Gasteiger partial charge >= 0.3 is 5.97 Å². The van der Waals surface area contributed by atoms with Gasteiger partial charge in [-0.2, -0.15) is 0 Å². The fourth-order valence-corrected chi connectivity index (χ4v) is 2.39. The highest BCUT2D eigenvalue weighted by Crippen LogP contribution is 2.28. The van der Waals surface area contributed by atoms with Gasteiger partial charge in [0.05, 0.1) is 19.1 Å². The zero-order chi connectivity index (χ0) is 11.3. The molecule has 0 aromatic carbocycles. The molecule has 0 bridgehead atoms. The Hall–Kier alpha value is -0.570. The van der Waals surface area contributed by atoms with Crippen molar-refractivity contribution in [1.82, 2.24) is 0 Å². The molecule has 15 heavy (non-hydrogen) atoms. The van der Waals surface area contributed by atoms with E-state index in [1.54, 1.807) is 6.92 Å². The van der Waals surface area contributed by atoms with Crippen molar-refractivity contribution in [2.45, 2.75) is 51.6 Å². The van der Waals surface area contributed by atoms with E-state index in [1.807, 2.05) is 0 Å². The van der Waals surface area contributed by atoms with Crippen molar-refractivity contribution in [2.75, 3.05) is 7.11 Å². The molecule has 0 radical (unpaired) electrons. The van der Waals surface area contributed by atoms with Crippen LogP contribution in [0.2, 0.25) is 0 Å². The molecular formula is C12H22O3. The van der Waals surface area contributed by atoms with Crippen LogP contribution >= 0.6 is 0 Å². The predicted octanol–water partition coefficient (Wildman–Crippen LogP) is 2.13. The Kier molecular flexibility index (Phi) is 5.09. The van der Waals surface area contributed by atoms with E-state index < -0.39 is 12.0 Å². The lowest BCUT2D eigenvalue weighted by Gasteiger charge is -2.25. The molecule has 0 aromatic heterocycles. The molecule has 1 saturated carbocycles. The number of esters is 1. The molecule has 1 rings (SSSR count). The zero-order valence-electron chi connectivity index (χ0n) is 9.74. The van der Waals surface area contributed by atoms with Crippen LogP contribution in [-0.4, -0.2) is 24.3 Å². The summed E-state index contributed by atoms with van der Waals surface area (Å²) in [5, 5.41) is 10.1. The largest absolute Gasteiger partial charge is 0.469 e. The van der Waals surface area contributed by atoms with Crippen LogP contribution in [0.4, 0.5) is 0 Å². The maximum Gasteiger partial charge on any atom is 0.311 e. The van der Waals surface area contributed by atoms with Crippen molar-refractivity contribution in [1.29, 1.82) is 0 Å². The number of methoxy groups -OCH3 is 1. The molecule has 1 aliphatic rings. The molecule has 3 heteroatoms. The van der Waals surface area contributed by atoms with Crippen LogP contribution in [0.3, 0.4) is 0 Å². The summed E-state index contributed by atoms with van der Waals surface area (Å²) in [5.41, 5.74) is 0. The molecule has 0 amide bonds. The highest BCUT2D eigenvalue weighted by molar-refractivity contribution is 5.72. The van der Waals surface area contributed by atoms with Crippen molar-refractivity contribution in [3.8, 4) is 0 Å². The second kappa shape index (κ2) is 6.11. The maximum atomic E-state index is 11.3. The maximum absolute atomic E-state index is 11.3. The molecule has 1 aliphatic carbocycles. The number of hydrogen-bond acceptors (Lipinski definition) is 3. The summed E-state index contributed by atoms with van der Waals surface area (Å²) in [6.45, 7) is 1.75. The van der Waals surface area contributed by atoms with Gasteiger partial charge in [-0.1, -0.05) is 25.7 Å². The number of rotatable bonds is 3. The monoisotopic (exact) mass is 214 g/mol. The third kappa shape index (κ3) is 3.49. The Bertz CT molecular complexity index is 195. The zero-order valence-corrected chi connectivity index (χ0v) is 9.74. The summed E-state index contributed by atoms with van der Waals surface area (Å²) < 4.78 is 4.66. The number of aliphatic hydroxyl groups excluding tert-OH is 1. The lowest BCUT2D eigenvalue weighted by Crippen LogP contribution is -2.33. The minimum absolute atomic E-state index is 0.279. The number of ether oxygens (including phenoxy) is 1. The summed E-state index contributed by atoms with van der Waals surface area (Å²) in [5.74, 6) is -0.411. The van der Waals surface area contributed by atoms with Crippen LogP contribution in [0.5, 0.6) is 0 Å². The Morgan fingerprint density at radius 3 is 2.27 bits per heavy atom. The number of carbonyl (C=O) groups is 1. The molecule has 2 atom stereocenters. The van der Waals surface area contributed by atoms with Crippen LogP contribution in [0.25, 0.3) is 0 Å². The van der Waals surface area contributed by atoms with Gasteiger partial charge < -0.3 is 9.84 Å². The molecule has 0 spiro atoms. The lowest BCUT2D eigenvalue weighted by atomic mass is 9.87. The van der Waals surface area contributed by atoms with Crippen molar-refractivity contribution >= 4 is 5.97 Å². The van der Waals surface area contributed by atoms with E-state index in [9.17, 15) is 9.90 Å². The van der Waals surface area contributed by atoms with Gasteiger partial charge in [-0.15, -0.1) is 0 Å². The quantitative estimate of drug-likeness (QED) is 0.578. The van der Waals surface area contributed by atoms with E-state index in [0.29, 0.717) is 0 Å². The Morgan fingerprint density at radius 2 is 1.80 bits per heavy atom. The predicted molar refractivity (Wildman–Crippen MR) is 58.4 cm³/mol. The molecule has 1 N–H and O–H groups in total. The SMILES string of the molecule is COC(=O)C(C)C(O)C1CCCCCC1. The molecular weight excluding hydrogens is 192 g/mol. The lowest BCUT2D eigenvalue weighted by molar-refractivity contribution is -0.150. The van der Waals surface area contributed by atoms with E-state index in [2.05, 4.69) is 4.74 Å². The molecule has 1 fully saturated rings. The van der Waals surface area contributed by atoms with Gasteiger partial charge in [0.1, 0.15) is 0 Å². The minimum atomic E-state index is -0.532. The van der Waals surface area contributed by atoms with E-state index in [0.717, 1.165) is 12.8 Å². The van der Waals surface area contributed by atoms with Gasteiger partial charge in [0.15, 0.2) is 0 Å². The summed E-state index contributed by atoms with van der Waals surface area (Å²) in [4.78, 5) is 11.3. The summed E-state index contributed by atoms with van der Waals surface area (Å²) in [6.07, 6.45) is 6.43. The highest BCUT2D eigenvalue weighted by Gasteiger charge is 2.30. The molecule has 0 heterocycles. The van der Waals surface area contributed by atoms with Crippen LogP contribution < -0.4 is 0 Å². The Morgan fingerprint density at radius 1 is 1.27 bits per heavy atom. The average molecular weight is 214 g/mol. The third-order valence-corrected chi connectivity index (χ3v) is 3.47.